The van der Waals surface area contributed by atoms with Crippen molar-refractivity contribution in [2.75, 3.05) is 41.4 Å². The minimum Gasteiger partial charge on any atom is -0.493 e. The molecule has 1 N–H and O–H groups in total. The highest BCUT2D eigenvalue weighted by atomic mass is 32.1. The molecule has 3 aromatic rings. The van der Waals surface area contributed by atoms with E-state index < -0.39 is 0 Å². The van der Waals surface area contributed by atoms with Gasteiger partial charge in [-0.2, -0.15) is 4.99 Å². The summed E-state index contributed by atoms with van der Waals surface area (Å²) in [6.07, 6.45) is 0. The molecule has 0 bridgehead atoms. The van der Waals surface area contributed by atoms with Crippen LogP contribution in [-0.2, 0) is 6.54 Å². The van der Waals surface area contributed by atoms with E-state index in [-0.39, 0.29) is 11.8 Å². The summed E-state index contributed by atoms with van der Waals surface area (Å²) in [6.45, 7) is 3.69. The second-order valence-electron chi connectivity index (χ2n) is 7.95. The molecule has 0 atom stereocenters. The second-order valence-corrected chi connectivity index (χ2v) is 8.79. The fourth-order valence-electron chi connectivity index (χ4n) is 3.35. The zero-order chi connectivity index (χ0) is 24.7. The zero-order valence-electron chi connectivity index (χ0n) is 20.1. The first-order chi connectivity index (χ1) is 16.3. The molecule has 0 aliphatic rings. The van der Waals surface area contributed by atoms with Crippen LogP contribution < -0.4 is 19.6 Å². The topological polar surface area (TPSA) is 85.2 Å². The summed E-state index contributed by atoms with van der Waals surface area (Å²) >= 11 is 1.38. The Hall–Kier alpha value is -3.43. The number of aryl methyl sites for hydroxylation is 1. The van der Waals surface area contributed by atoms with Crippen LogP contribution in [0.5, 0.6) is 11.5 Å². The minimum atomic E-state index is -0.383. The maximum atomic E-state index is 12.9. The lowest BCUT2D eigenvalue weighted by Crippen LogP contribution is -2.32. The quantitative estimate of drug-likeness (QED) is 0.507. The molecule has 2 aromatic carbocycles. The number of likely N-dealkylation sites (N-methyl/N-ethyl adjacent to an activating group) is 1. The van der Waals surface area contributed by atoms with Crippen LogP contribution in [0.2, 0.25) is 0 Å². The standard InChI is InChI=1S/C25H30N4O4S/c1-17-16-34-25(27-23(30)18-10-11-21(32-4)22(14-18)33-5)29(17)15-19-8-6-7-9-20(19)24(31)26-12-13-28(2)3/h6-11,14,16H,12-13,15H2,1-5H3,(H,26,31). The molecular formula is C25H30N4O4S. The molecule has 0 fully saturated rings. The highest BCUT2D eigenvalue weighted by Crippen LogP contribution is 2.27. The molecule has 0 saturated heterocycles. The lowest BCUT2D eigenvalue weighted by Gasteiger charge is -2.14. The summed E-state index contributed by atoms with van der Waals surface area (Å²) in [6, 6.07) is 12.4. The van der Waals surface area contributed by atoms with E-state index in [1.54, 1.807) is 25.3 Å². The summed E-state index contributed by atoms with van der Waals surface area (Å²) < 4.78 is 12.5. The van der Waals surface area contributed by atoms with Crippen molar-refractivity contribution in [2.45, 2.75) is 13.5 Å². The monoisotopic (exact) mass is 482 g/mol. The van der Waals surface area contributed by atoms with Crippen molar-refractivity contribution < 1.29 is 19.1 Å². The van der Waals surface area contributed by atoms with Crippen LogP contribution in [0.25, 0.3) is 0 Å². The van der Waals surface area contributed by atoms with Crippen molar-refractivity contribution in [1.29, 1.82) is 0 Å². The molecule has 0 spiro atoms. The van der Waals surface area contributed by atoms with Gasteiger partial charge in [0.25, 0.3) is 11.8 Å². The number of hydrogen-bond acceptors (Lipinski definition) is 6. The maximum absolute atomic E-state index is 12.9. The number of carbonyl (C=O) groups excluding carboxylic acids is 2. The van der Waals surface area contributed by atoms with Gasteiger partial charge in [0.15, 0.2) is 16.3 Å². The number of thiazole rings is 1. The summed E-state index contributed by atoms with van der Waals surface area (Å²) in [7, 11) is 6.99. The third kappa shape index (κ3) is 6.12. The van der Waals surface area contributed by atoms with Gasteiger partial charge in [-0.25, -0.2) is 0 Å². The molecule has 0 saturated carbocycles. The second kappa shape index (κ2) is 11.6. The predicted octanol–water partition coefficient (Wildman–Crippen LogP) is 2.96. The van der Waals surface area contributed by atoms with Crippen molar-refractivity contribution in [3.05, 3.63) is 75.0 Å². The zero-order valence-corrected chi connectivity index (χ0v) is 20.9. The van der Waals surface area contributed by atoms with Gasteiger partial charge in [0.1, 0.15) is 0 Å². The Labute approximate surface area is 203 Å². The third-order valence-corrected chi connectivity index (χ3v) is 6.24. The Kier molecular flexibility index (Phi) is 8.61. The van der Waals surface area contributed by atoms with E-state index >= 15 is 0 Å². The Bertz CT molecular complexity index is 1230. The highest BCUT2D eigenvalue weighted by molar-refractivity contribution is 7.07. The van der Waals surface area contributed by atoms with Crippen LogP contribution in [0, 0.1) is 6.92 Å². The summed E-state index contributed by atoms with van der Waals surface area (Å²) in [4.78, 5) is 32.6. The molecule has 180 valence electrons. The Morgan fingerprint density at radius 1 is 1.09 bits per heavy atom. The van der Waals surface area contributed by atoms with E-state index in [2.05, 4.69) is 10.3 Å². The normalized spacial score (nSPS) is 11.5. The average Bonchev–Trinajstić information content (AvgIpc) is 3.17. The van der Waals surface area contributed by atoms with Gasteiger partial charge in [-0.3, -0.25) is 9.59 Å². The lowest BCUT2D eigenvalue weighted by molar-refractivity contribution is 0.0948. The first-order valence-electron chi connectivity index (χ1n) is 10.8. The number of amides is 2. The van der Waals surface area contributed by atoms with Crippen molar-refractivity contribution in [3.8, 4) is 11.5 Å². The van der Waals surface area contributed by atoms with E-state index in [1.165, 1.54) is 18.4 Å². The molecule has 8 nitrogen and oxygen atoms in total. The molecule has 2 amide bonds. The molecule has 3 rings (SSSR count). The number of aromatic nitrogens is 1. The van der Waals surface area contributed by atoms with Gasteiger partial charge in [-0.1, -0.05) is 18.2 Å². The molecule has 0 unspecified atom stereocenters. The molecule has 0 radical (unpaired) electrons. The number of nitrogens with one attached hydrogen (secondary N) is 1. The number of ether oxygens (including phenoxy) is 2. The SMILES string of the molecule is COc1ccc(C(=O)N=c2scc(C)n2Cc2ccccc2C(=O)NCCN(C)C)cc1OC. The number of benzene rings is 2. The number of rotatable bonds is 9. The first kappa shape index (κ1) is 25.2. The van der Waals surface area contributed by atoms with Gasteiger partial charge in [-0.15, -0.1) is 11.3 Å². The predicted molar refractivity (Wildman–Crippen MR) is 133 cm³/mol. The third-order valence-electron chi connectivity index (χ3n) is 5.25. The Morgan fingerprint density at radius 2 is 1.82 bits per heavy atom. The number of nitrogens with zero attached hydrogens (tertiary/aromatic N) is 3. The average molecular weight is 483 g/mol. The number of hydrogen-bond donors (Lipinski definition) is 1. The fraction of sp³-hybridized carbons (Fsp3) is 0.320. The van der Waals surface area contributed by atoms with Gasteiger partial charge < -0.3 is 24.3 Å². The summed E-state index contributed by atoms with van der Waals surface area (Å²) in [5.41, 5.74) is 2.81. The van der Waals surface area contributed by atoms with Crippen molar-refractivity contribution in [3.63, 3.8) is 0 Å². The van der Waals surface area contributed by atoms with E-state index in [9.17, 15) is 9.59 Å². The van der Waals surface area contributed by atoms with Gasteiger partial charge in [0.2, 0.25) is 0 Å². The molecule has 1 aromatic heterocycles. The van der Waals surface area contributed by atoms with Crippen LogP contribution in [0.1, 0.15) is 32.0 Å². The first-order valence-corrected chi connectivity index (χ1v) is 11.7. The van der Waals surface area contributed by atoms with Crippen LogP contribution in [0.3, 0.4) is 0 Å². The summed E-state index contributed by atoms with van der Waals surface area (Å²) in [5, 5.41) is 4.91. The van der Waals surface area contributed by atoms with Crippen LogP contribution in [0.15, 0.2) is 52.8 Å². The maximum Gasteiger partial charge on any atom is 0.279 e. The molecule has 1 heterocycles. The van der Waals surface area contributed by atoms with Crippen LogP contribution >= 0.6 is 11.3 Å². The van der Waals surface area contributed by atoms with Gasteiger partial charge in [-0.05, 0) is 50.8 Å². The number of methoxy groups -OCH3 is 2. The summed E-state index contributed by atoms with van der Waals surface area (Å²) in [5.74, 6) is 0.506. The minimum absolute atomic E-state index is 0.120. The number of carbonyl (C=O) groups is 2. The van der Waals surface area contributed by atoms with Crippen molar-refractivity contribution in [1.82, 2.24) is 14.8 Å². The highest BCUT2D eigenvalue weighted by Gasteiger charge is 2.14. The van der Waals surface area contributed by atoms with Gasteiger partial charge >= 0.3 is 0 Å². The van der Waals surface area contributed by atoms with Crippen LogP contribution in [0.4, 0.5) is 0 Å². The lowest BCUT2D eigenvalue weighted by atomic mass is 10.1. The molecule has 34 heavy (non-hydrogen) atoms. The molecule has 0 aliphatic heterocycles. The van der Waals surface area contributed by atoms with E-state index in [0.29, 0.717) is 40.5 Å². The van der Waals surface area contributed by atoms with E-state index in [0.717, 1.165) is 17.8 Å². The van der Waals surface area contributed by atoms with Gasteiger partial charge in [0.05, 0.1) is 20.8 Å². The van der Waals surface area contributed by atoms with E-state index in [1.807, 2.05) is 60.1 Å². The van der Waals surface area contributed by atoms with Crippen molar-refractivity contribution in [2.24, 2.45) is 4.99 Å². The molecular weight excluding hydrogens is 452 g/mol. The van der Waals surface area contributed by atoms with Crippen molar-refractivity contribution >= 4 is 23.2 Å². The fourth-order valence-corrected chi connectivity index (χ4v) is 4.23. The largest absolute Gasteiger partial charge is 0.493 e. The molecule has 9 heteroatoms. The smallest absolute Gasteiger partial charge is 0.279 e. The Balaban J connectivity index is 1.88. The van der Waals surface area contributed by atoms with E-state index in [4.69, 9.17) is 9.47 Å². The van der Waals surface area contributed by atoms with Gasteiger partial charge in [0, 0.05) is 35.3 Å². The molecule has 0 aliphatic carbocycles. The Morgan fingerprint density at radius 3 is 2.53 bits per heavy atom. The van der Waals surface area contributed by atoms with Crippen LogP contribution in [-0.4, -0.2) is 62.7 Å².